The van der Waals surface area contributed by atoms with Crippen LogP contribution in [0.1, 0.15) is 52.0 Å². The Hall–Kier alpha value is -3.77. The lowest BCUT2D eigenvalue weighted by Gasteiger charge is -2.28. The molecule has 3 aromatic carbocycles. The zero-order chi connectivity index (χ0) is 26.6. The summed E-state index contributed by atoms with van der Waals surface area (Å²) >= 11 is 5.89. The van der Waals surface area contributed by atoms with E-state index < -0.39 is 12.1 Å². The van der Waals surface area contributed by atoms with Crippen molar-refractivity contribution in [1.82, 2.24) is 0 Å². The molecule has 2 bridgehead atoms. The summed E-state index contributed by atoms with van der Waals surface area (Å²) in [6.45, 7) is 1.51. The van der Waals surface area contributed by atoms with Crippen molar-refractivity contribution in [3.8, 4) is 0 Å². The van der Waals surface area contributed by atoms with E-state index in [1.165, 1.54) is 23.5 Å². The Balaban J connectivity index is 1.19. The molecule has 2 amide bonds. The number of benzene rings is 3. The number of ether oxygens (including phenoxy) is 1. The fourth-order valence-electron chi connectivity index (χ4n) is 6.70. The Morgan fingerprint density at radius 2 is 1.58 bits per heavy atom. The molecule has 6 nitrogen and oxygen atoms in total. The van der Waals surface area contributed by atoms with Crippen LogP contribution in [0.5, 0.6) is 0 Å². The number of rotatable bonds is 6. The summed E-state index contributed by atoms with van der Waals surface area (Å²) in [5, 5.41) is 0.502. The van der Waals surface area contributed by atoms with E-state index in [0.717, 1.165) is 12.8 Å². The van der Waals surface area contributed by atoms with Crippen LogP contribution >= 0.6 is 11.6 Å². The Kier molecular flexibility index (Phi) is 6.15. The quantitative estimate of drug-likeness (QED) is 0.233. The van der Waals surface area contributed by atoms with E-state index in [0.29, 0.717) is 16.3 Å². The monoisotopic (exact) mass is 527 g/mol. The van der Waals surface area contributed by atoms with E-state index in [2.05, 4.69) is 12.1 Å². The molecule has 0 spiro atoms. The maximum Gasteiger partial charge on any atom is 0.338 e. The number of esters is 1. The molecule has 0 N–H and O–H groups in total. The smallest absolute Gasteiger partial charge is 0.338 e. The van der Waals surface area contributed by atoms with E-state index in [1.54, 1.807) is 42.5 Å². The molecule has 1 saturated heterocycles. The number of hydrogen-bond acceptors (Lipinski definition) is 5. The maximum absolute atomic E-state index is 13.6. The summed E-state index contributed by atoms with van der Waals surface area (Å²) in [6.07, 6.45) is 0.785. The number of nitrogens with zero attached hydrogens (tertiary/aromatic N) is 1. The number of Topliss-reactive ketones (excluding diaryl/α,β-unsaturated/α-hetero) is 1. The zero-order valence-electron chi connectivity index (χ0n) is 20.8. The van der Waals surface area contributed by atoms with Crippen LogP contribution in [-0.2, 0) is 14.3 Å². The van der Waals surface area contributed by atoms with Gasteiger partial charge in [-0.2, -0.15) is 0 Å². The molecule has 0 radical (unpaired) electrons. The highest BCUT2D eigenvalue weighted by atomic mass is 35.5. The molecule has 38 heavy (non-hydrogen) atoms. The highest BCUT2D eigenvalue weighted by Gasteiger charge is 2.64. The van der Waals surface area contributed by atoms with Crippen LogP contribution in [0.4, 0.5) is 5.69 Å². The molecular formula is C31H26ClNO5. The van der Waals surface area contributed by atoms with Gasteiger partial charge in [-0.05, 0) is 85.5 Å². The second-order valence-electron chi connectivity index (χ2n) is 10.4. The first kappa shape index (κ1) is 24.6. The molecule has 192 valence electrons. The average molecular weight is 528 g/mol. The van der Waals surface area contributed by atoms with Crippen molar-refractivity contribution in [2.75, 3.05) is 4.90 Å². The van der Waals surface area contributed by atoms with Gasteiger partial charge >= 0.3 is 5.97 Å². The Labute approximate surface area is 225 Å². The van der Waals surface area contributed by atoms with Crippen LogP contribution in [0, 0.1) is 23.7 Å². The minimum atomic E-state index is -1.02. The fraction of sp³-hybridized carbons (Fsp3) is 0.290. The Bertz CT molecular complexity index is 1440. The van der Waals surface area contributed by atoms with Crippen molar-refractivity contribution >= 4 is 40.9 Å². The Morgan fingerprint density at radius 1 is 0.868 bits per heavy atom. The normalized spacial score (nSPS) is 26.4. The van der Waals surface area contributed by atoms with Gasteiger partial charge in [0.1, 0.15) is 0 Å². The minimum absolute atomic E-state index is 0.140. The number of carbonyl (C=O) groups excluding carboxylic acids is 4. The summed E-state index contributed by atoms with van der Waals surface area (Å²) in [7, 11) is 0. The summed E-state index contributed by atoms with van der Waals surface area (Å²) in [6, 6.07) is 22.9. The number of imide groups is 1. The molecule has 6 rings (SSSR count). The van der Waals surface area contributed by atoms with E-state index >= 15 is 0 Å². The summed E-state index contributed by atoms with van der Waals surface area (Å²) in [4.78, 5) is 54.0. The molecule has 6 atom stereocenters. The van der Waals surface area contributed by atoms with Crippen LogP contribution in [-0.4, -0.2) is 29.7 Å². The molecule has 0 aromatic heterocycles. The first-order valence-corrected chi connectivity index (χ1v) is 13.2. The van der Waals surface area contributed by atoms with Crippen molar-refractivity contribution in [1.29, 1.82) is 0 Å². The van der Waals surface area contributed by atoms with Crippen molar-refractivity contribution in [3.05, 3.63) is 101 Å². The van der Waals surface area contributed by atoms with Gasteiger partial charge in [-0.25, -0.2) is 4.79 Å². The summed E-state index contributed by atoms with van der Waals surface area (Å²) in [5.74, 6) is -1.47. The first-order valence-electron chi connectivity index (χ1n) is 12.9. The van der Waals surface area contributed by atoms with Gasteiger partial charge in [0.15, 0.2) is 6.10 Å². The lowest BCUT2D eigenvalue weighted by atomic mass is 9.73. The van der Waals surface area contributed by atoms with Gasteiger partial charge in [0.2, 0.25) is 17.6 Å². The number of halogens is 1. The summed E-state index contributed by atoms with van der Waals surface area (Å²) in [5.41, 5.74) is 2.13. The van der Waals surface area contributed by atoms with E-state index in [9.17, 15) is 19.2 Å². The second-order valence-corrected chi connectivity index (χ2v) is 10.9. The van der Waals surface area contributed by atoms with Gasteiger partial charge in [-0.3, -0.25) is 19.3 Å². The van der Waals surface area contributed by atoms with Gasteiger partial charge in [-0.15, -0.1) is 0 Å². The van der Waals surface area contributed by atoms with Crippen molar-refractivity contribution in [3.63, 3.8) is 0 Å². The van der Waals surface area contributed by atoms with Gasteiger partial charge in [0.25, 0.3) is 0 Å². The fourth-order valence-corrected chi connectivity index (χ4v) is 6.83. The zero-order valence-corrected chi connectivity index (χ0v) is 21.5. The largest absolute Gasteiger partial charge is 0.451 e. The van der Waals surface area contributed by atoms with E-state index in [-0.39, 0.29) is 52.8 Å². The molecule has 2 saturated carbocycles. The number of carbonyl (C=O) groups is 4. The second kappa shape index (κ2) is 9.52. The molecule has 3 aliphatic rings. The Morgan fingerprint density at radius 3 is 2.32 bits per heavy atom. The third-order valence-electron chi connectivity index (χ3n) is 8.37. The molecule has 1 aliphatic heterocycles. The van der Waals surface area contributed by atoms with Gasteiger partial charge in [-0.1, -0.05) is 48.0 Å². The number of anilines is 1. The molecule has 3 aromatic rings. The van der Waals surface area contributed by atoms with Crippen LogP contribution in [0.2, 0.25) is 5.02 Å². The van der Waals surface area contributed by atoms with Crippen molar-refractivity contribution in [2.24, 2.45) is 23.7 Å². The molecule has 1 heterocycles. The maximum atomic E-state index is 13.6. The molecular weight excluding hydrogens is 502 g/mol. The lowest BCUT2D eigenvalue weighted by Crippen LogP contribution is -2.33. The number of ketones is 1. The highest BCUT2D eigenvalue weighted by molar-refractivity contribution is 6.30. The van der Waals surface area contributed by atoms with Gasteiger partial charge in [0, 0.05) is 10.6 Å². The van der Waals surface area contributed by atoms with Crippen LogP contribution in [0.15, 0.2) is 78.9 Å². The number of amides is 2. The number of hydrogen-bond donors (Lipinski definition) is 0. The molecule has 7 heteroatoms. The predicted octanol–water partition coefficient (Wildman–Crippen LogP) is 5.70. The third kappa shape index (κ3) is 4.04. The molecule has 3 fully saturated rings. The standard InChI is InChI=1S/C31H26ClNO5/c1-17(28(34)19-10-12-22(32)13-11-19)38-31(37)20-8-5-9-23(14-20)33-29(35)26-21-15-24(18-6-3-2-4-7-18)25(16-21)27(26)30(33)36/h2-14,17,21,24-27H,15-16H2,1H3/t17-,21-,24+,25+,26+,27+/m0/s1. The van der Waals surface area contributed by atoms with E-state index in [4.69, 9.17) is 16.3 Å². The predicted molar refractivity (Wildman–Crippen MR) is 142 cm³/mol. The average Bonchev–Trinajstić information content (AvgIpc) is 3.60. The van der Waals surface area contributed by atoms with Crippen LogP contribution in [0.25, 0.3) is 0 Å². The summed E-state index contributed by atoms with van der Waals surface area (Å²) < 4.78 is 5.43. The number of fused-ring (bicyclic) bond motifs is 5. The van der Waals surface area contributed by atoms with Crippen molar-refractivity contribution < 1.29 is 23.9 Å². The lowest BCUT2D eigenvalue weighted by molar-refractivity contribution is -0.123. The molecule has 0 unspecified atom stereocenters. The van der Waals surface area contributed by atoms with Crippen LogP contribution < -0.4 is 4.90 Å². The topological polar surface area (TPSA) is 80.8 Å². The third-order valence-corrected chi connectivity index (χ3v) is 8.62. The van der Waals surface area contributed by atoms with Crippen molar-refractivity contribution in [2.45, 2.75) is 31.8 Å². The highest BCUT2D eigenvalue weighted by Crippen LogP contribution is 2.61. The SMILES string of the molecule is C[C@H](OC(=O)c1cccc(N2C(=O)[C@@H]3[C@@H]4C[C@@H]([C@H]3C2=O)[C@@H](c2ccccc2)C4)c1)C(=O)c1ccc(Cl)cc1. The van der Waals surface area contributed by atoms with Crippen LogP contribution in [0.3, 0.4) is 0 Å². The van der Waals surface area contributed by atoms with E-state index in [1.807, 2.05) is 18.2 Å². The molecule has 2 aliphatic carbocycles. The first-order chi connectivity index (χ1) is 18.3. The van der Waals surface area contributed by atoms with Gasteiger partial charge in [0.05, 0.1) is 23.1 Å². The minimum Gasteiger partial charge on any atom is -0.451 e. The van der Waals surface area contributed by atoms with Gasteiger partial charge < -0.3 is 4.74 Å².